The van der Waals surface area contributed by atoms with Crippen LogP contribution in [-0.4, -0.2) is 122 Å². The summed E-state index contributed by atoms with van der Waals surface area (Å²) in [5, 5.41) is 6.34. The predicted octanol–water partition coefficient (Wildman–Crippen LogP) is 5.68. The van der Waals surface area contributed by atoms with Crippen molar-refractivity contribution in [1.29, 1.82) is 0 Å². The van der Waals surface area contributed by atoms with E-state index in [-0.39, 0.29) is 47.7 Å². The van der Waals surface area contributed by atoms with Gasteiger partial charge in [-0.15, -0.1) is 0 Å². The molecular formula is C46H76N4O10. The summed E-state index contributed by atoms with van der Waals surface area (Å²) in [5.74, 6) is 1.50. The minimum Gasteiger partial charge on any atom is -0.356 e. The summed E-state index contributed by atoms with van der Waals surface area (Å²) in [5.41, 5.74) is -1.11. The second-order valence-electron chi connectivity index (χ2n) is 21.1. The molecule has 14 nitrogen and oxygen atoms in total. The zero-order valence-electron chi connectivity index (χ0n) is 37.5. The molecule has 9 saturated heterocycles. The number of nitrogens with one attached hydrogen (secondary N) is 2. The van der Waals surface area contributed by atoms with Crippen molar-refractivity contribution >= 4 is 11.8 Å². The molecule has 60 heavy (non-hydrogen) atoms. The lowest BCUT2D eigenvalue weighted by Gasteiger charge is -2.60. The highest BCUT2D eigenvalue weighted by Gasteiger charge is 2.70. The second-order valence-corrected chi connectivity index (χ2v) is 21.1. The molecular weight excluding hydrogens is 769 g/mol. The van der Waals surface area contributed by atoms with E-state index in [0.717, 1.165) is 90.6 Å². The molecule has 0 radical (unpaired) electrons. The van der Waals surface area contributed by atoms with Crippen LogP contribution in [0.4, 0.5) is 0 Å². The zero-order valence-corrected chi connectivity index (χ0v) is 37.5. The van der Waals surface area contributed by atoms with Crippen molar-refractivity contribution in [2.24, 2.45) is 47.3 Å². The summed E-state index contributed by atoms with van der Waals surface area (Å²) in [7, 11) is 0. The fraction of sp³-hybridized carbons (Fsp3) is 0.957. The fourth-order valence-corrected chi connectivity index (χ4v) is 13.6. The molecule has 2 unspecified atom stereocenters. The monoisotopic (exact) mass is 845 g/mol. The molecule has 11 fully saturated rings. The van der Waals surface area contributed by atoms with E-state index >= 15 is 0 Å². The summed E-state index contributed by atoms with van der Waals surface area (Å²) >= 11 is 0. The van der Waals surface area contributed by atoms with Crippen LogP contribution < -0.4 is 10.6 Å². The summed E-state index contributed by atoms with van der Waals surface area (Å²) in [6, 6.07) is 0. The van der Waals surface area contributed by atoms with E-state index in [9.17, 15) is 9.59 Å². The molecule has 9 heterocycles. The highest BCUT2D eigenvalue weighted by Crippen LogP contribution is 2.62. The summed E-state index contributed by atoms with van der Waals surface area (Å²) in [4.78, 5) is 55.4. The molecule has 9 aliphatic heterocycles. The minimum atomic E-state index is -0.780. The van der Waals surface area contributed by atoms with Gasteiger partial charge in [0.1, 0.15) is 0 Å². The molecule has 2 spiro atoms. The van der Waals surface area contributed by atoms with Gasteiger partial charge in [-0.3, -0.25) is 9.59 Å². The van der Waals surface area contributed by atoms with Gasteiger partial charge in [-0.2, -0.15) is 0 Å². The average Bonchev–Trinajstić information content (AvgIpc) is 3.61. The molecule has 11 rings (SSSR count). The third-order valence-corrected chi connectivity index (χ3v) is 17.3. The summed E-state index contributed by atoms with van der Waals surface area (Å²) < 4.78 is 26.4. The van der Waals surface area contributed by atoms with Crippen LogP contribution in [0.15, 0.2) is 0 Å². The molecule has 2 amide bonds. The Kier molecular flexibility index (Phi) is 12.8. The number of ether oxygens (including phenoxy) is 4. The van der Waals surface area contributed by atoms with Gasteiger partial charge in [-0.1, -0.05) is 27.7 Å². The number of hydrogen-bond donors (Lipinski definition) is 2. The Morgan fingerprint density at radius 1 is 0.567 bits per heavy atom. The van der Waals surface area contributed by atoms with Crippen molar-refractivity contribution in [3.63, 3.8) is 0 Å². The number of fused-ring (bicyclic) bond motifs is 4. The number of rotatable bonds is 14. The molecule has 14 heteroatoms. The van der Waals surface area contributed by atoms with Crippen molar-refractivity contribution in [3.8, 4) is 0 Å². The van der Waals surface area contributed by atoms with Gasteiger partial charge in [0.2, 0.25) is 23.4 Å². The van der Waals surface area contributed by atoms with E-state index in [2.05, 4.69) is 48.1 Å². The molecule has 2 N–H and O–H groups in total. The molecule has 2 saturated carbocycles. The van der Waals surface area contributed by atoms with Crippen molar-refractivity contribution in [2.45, 2.75) is 179 Å². The maximum absolute atomic E-state index is 13.0. The van der Waals surface area contributed by atoms with Gasteiger partial charge >= 0.3 is 0 Å². The van der Waals surface area contributed by atoms with Gasteiger partial charge in [0, 0.05) is 76.8 Å². The maximum atomic E-state index is 13.0. The molecule has 11 aliphatic rings. The van der Waals surface area contributed by atoms with E-state index in [1.165, 1.54) is 12.8 Å². The number of carbonyl (C=O) groups is 2. The average molecular weight is 845 g/mol. The quantitative estimate of drug-likeness (QED) is 0.165. The van der Waals surface area contributed by atoms with E-state index in [4.69, 9.17) is 38.5 Å². The van der Waals surface area contributed by atoms with Gasteiger partial charge in [-0.05, 0) is 127 Å². The number of piperazine rings is 1. The molecule has 0 aromatic heterocycles. The van der Waals surface area contributed by atoms with Crippen LogP contribution in [0, 0.1) is 47.3 Å². The Balaban J connectivity index is 0.629. The third-order valence-electron chi connectivity index (χ3n) is 17.3. The molecule has 0 aromatic rings. The van der Waals surface area contributed by atoms with E-state index in [1.54, 1.807) is 0 Å². The van der Waals surface area contributed by atoms with Crippen LogP contribution in [0.2, 0.25) is 0 Å². The Bertz CT molecular complexity index is 1430. The van der Waals surface area contributed by atoms with Crippen LogP contribution >= 0.6 is 0 Å². The van der Waals surface area contributed by atoms with Gasteiger partial charge in [0.15, 0.2) is 23.8 Å². The van der Waals surface area contributed by atoms with Crippen LogP contribution in [0.5, 0.6) is 0 Å². The van der Waals surface area contributed by atoms with Crippen LogP contribution in [0.25, 0.3) is 0 Å². The lowest BCUT2D eigenvalue weighted by Crippen LogP contribution is -2.70. The van der Waals surface area contributed by atoms with Crippen molar-refractivity contribution in [1.82, 2.24) is 20.4 Å². The molecule has 340 valence electrons. The SMILES string of the molecule is C[C@@H]1CCC2[C@@H](C)[C@@H](CCC(=O)NCCCN3CCN(CCCNC(=O)CC[C@H]4O[C@@H]5O[C@]6(C)CC[C@H]7[C@H](C)CCC([C@H]4C)[C@@]57OO6)CC3)O[C@@H]3O[C@]4(C)CC[C@@H]1[C@@]23OO4. The van der Waals surface area contributed by atoms with Crippen molar-refractivity contribution < 1.29 is 48.1 Å². The number of carbonyl (C=O) groups excluding carboxylic acids is 2. The fourth-order valence-electron chi connectivity index (χ4n) is 13.6. The van der Waals surface area contributed by atoms with Crippen LogP contribution in [0.3, 0.4) is 0 Å². The summed E-state index contributed by atoms with van der Waals surface area (Å²) in [6.45, 7) is 20.6. The Morgan fingerprint density at radius 2 is 0.983 bits per heavy atom. The Labute approximate surface area is 358 Å². The Morgan fingerprint density at radius 3 is 1.40 bits per heavy atom. The lowest BCUT2D eigenvalue weighted by molar-refractivity contribution is -0.571. The lowest BCUT2D eigenvalue weighted by atomic mass is 9.57. The second kappa shape index (κ2) is 17.5. The van der Waals surface area contributed by atoms with Crippen molar-refractivity contribution in [2.75, 3.05) is 52.4 Å². The van der Waals surface area contributed by atoms with Crippen LogP contribution in [-0.2, 0) is 48.1 Å². The molecule has 0 aromatic carbocycles. The summed E-state index contributed by atoms with van der Waals surface area (Å²) in [6.07, 6.45) is 11.3. The first-order chi connectivity index (χ1) is 28.8. The van der Waals surface area contributed by atoms with Gasteiger partial charge in [0.05, 0.1) is 12.2 Å². The van der Waals surface area contributed by atoms with Gasteiger partial charge < -0.3 is 39.4 Å². The largest absolute Gasteiger partial charge is 0.356 e. The topological polar surface area (TPSA) is 139 Å². The normalized spacial score (nSPS) is 47.4. The third kappa shape index (κ3) is 8.12. The zero-order chi connectivity index (χ0) is 41.9. The highest BCUT2D eigenvalue weighted by atomic mass is 17.3. The standard InChI is InChI=1S/C46H76N4O10/c1-29-9-11-35-31(3)37(53-41-45(35)33(29)17-19-43(5,55-41)57-59-45)13-15-39(51)47-21-7-23-49-25-27-50(28-26-49)24-8-22-48-40(52)16-14-38-32(4)36-12-10-30(2)34-18-20-44(6)56-42(54-38)46(34,36)60-58-44/h29-38,41-42H,7-28H2,1-6H3,(H,47,51)(H,48,52)/t29-,30-,31-,32-,33+,34+,35?,36?,37-,38-,41-,42-,43+,44+,45-,46-/m1/s1. The first kappa shape index (κ1) is 43.8. The first-order valence-corrected chi connectivity index (χ1v) is 24.2. The molecule has 16 atom stereocenters. The Hall–Kier alpha value is -1.46. The first-order valence-electron chi connectivity index (χ1n) is 24.2. The smallest absolute Gasteiger partial charge is 0.220 e. The minimum absolute atomic E-state index is 0.0458. The molecule has 4 bridgehead atoms. The number of nitrogens with zero attached hydrogens (tertiary/aromatic N) is 2. The van der Waals surface area contributed by atoms with E-state index in [1.807, 2.05) is 13.8 Å². The van der Waals surface area contributed by atoms with Crippen molar-refractivity contribution in [3.05, 3.63) is 0 Å². The van der Waals surface area contributed by atoms with Gasteiger partial charge in [0.25, 0.3) is 0 Å². The van der Waals surface area contributed by atoms with Gasteiger partial charge in [-0.25, -0.2) is 19.6 Å². The van der Waals surface area contributed by atoms with Crippen LogP contribution in [0.1, 0.15) is 131 Å². The predicted molar refractivity (Wildman–Crippen MR) is 220 cm³/mol. The molecule has 2 aliphatic carbocycles. The number of amides is 2. The number of hydrogen-bond acceptors (Lipinski definition) is 12. The van der Waals surface area contributed by atoms with E-state index in [0.29, 0.717) is 62.4 Å². The van der Waals surface area contributed by atoms with E-state index < -0.39 is 35.4 Å². The maximum Gasteiger partial charge on any atom is 0.220 e. The highest BCUT2D eigenvalue weighted by molar-refractivity contribution is 5.76.